The van der Waals surface area contributed by atoms with E-state index in [2.05, 4.69) is 23.8 Å². The Morgan fingerprint density at radius 1 is 1.45 bits per heavy atom. The molecule has 1 fully saturated rings. The topological polar surface area (TPSA) is 63.7 Å². The minimum atomic E-state index is 0.560. The number of rotatable bonds is 7. The van der Waals surface area contributed by atoms with Crippen molar-refractivity contribution < 1.29 is 4.74 Å². The van der Waals surface area contributed by atoms with Gasteiger partial charge < -0.3 is 15.4 Å². The number of nitrogens with two attached hydrogens (primary N) is 1. The second-order valence-corrected chi connectivity index (χ2v) is 5.10. The van der Waals surface area contributed by atoms with Crippen LogP contribution in [0.15, 0.2) is 23.3 Å². The molecule has 0 aliphatic heterocycles. The minimum absolute atomic E-state index is 0.560. The van der Waals surface area contributed by atoms with E-state index in [1.807, 2.05) is 17.0 Å². The van der Waals surface area contributed by atoms with E-state index in [4.69, 9.17) is 10.5 Å². The highest BCUT2D eigenvalue weighted by Crippen LogP contribution is 2.29. The predicted molar refractivity (Wildman–Crippen MR) is 80.7 cm³/mol. The number of nitrogens with zero attached hydrogens (tertiary/aromatic N) is 3. The van der Waals surface area contributed by atoms with Crippen LogP contribution in [0.5, 0.6) is 5.88 Å². The maximum absolute atomic E-state index is 5.96. The maximum Gasteiger partial charge on any atom is 0.213 e. The molecule has 20 heavy (non-hydrogen) atoms. The monoisotopic (exact) mass is 276 g/mol. The first-order chi connectivity index (χ1) is 9.72. The summed E-state index contributed by atoms with van der Waals surface area (Å²) in [5.41, 5.74) is 7.03. The predicted octanol–water partition coefficient (Wildman–Crippen LogP) is 2.03. The molecule has 0 unspecified atom stereocenters. The number of pyridine rings is 1. The van der Waals surface area contributed by atoms with Crippen molar-refractivity contribution in [3.63, 3.8) is 0 Å². The van der Waals surface area contributed by atoms with Gasteiger partial charge in [-0.05, 0) is 44.2 Å². The maximum atomic E-state index is 5.96. The Hall–Kier alpha value is -1.78. The molecule has 0 aromatic carbocycles. The van der Waals surface area contributed by atoms with Gasteiger partial charge in [-0.2, -0.15) is 0 Å². The highest BCUT2D eigenvalue weighted by Gasteiger charge is 2.22. The van der Waals surface area contributed by atoms with Gasteiger partial charge in [-0.15, -0.1) is 0 Å². The number of hydrogen-bond donors (Lipinski definition) is 1. The average molecular weight is 276 g/mol. The molecule has 1 heterocycles. The Kier molecular flexibility index (Phi) is 5.21. The molecular formula is C15H24N4O. The van der Waals surface area contributed by atoms with Gasteiger partial charge in [0.15, 0.2) is 5.96 Å². The van der Waals surface area contributed by atoms with Crippen molar-refractivity contribution in [2.24, 2.45) is 16.6 Å². The SMILES string of the molecule is CCN(CC)C(N)=NCc1ccnc(OCC2CC2)c1. The fourth-order valence-electron chi connectivity index (χ4n) is 1.94. The van der Waals surface area contributed by atoms with Crippen molar-refractivity contribution in [2.75, 3.05) is 19.7 Å². The third-order valence-corrected chi connectivity index (χ3v) is 3.47. The second-order valence-electron chi connectivity index (χ2n) is 5.10. The molecule has 110 valence electrons. The number of aliphatic imine (C=N–C) groups is 1. The van der Waals surface area contributed by atoms with Gasteiger partial charge in [0.05, 0.1) is 13.2 Å². The lowest BCUT2D eigenvalue weighted by molar-refractivity contribution is 0.288. The summed E-state index contributed by atoms with van der Waals surface area (Å²) >= 11 is 0. The van der Waals surface area contributed by atoms with Crippen LogP contribution in [-0.2, 0) is 6.54 Å². The van der Waals surface area contributed by atoms with Crippen LogP contribution in [0.4, 0.5) is 0 Å². The Labute approximate surface area is 120 Å². The van der Waals surface area contributed by atoms with Gasteiger partial charge in [0, 0.05) is 25.4 Å². The minimum Gasteiger partial charge on any atom is -0.477 e. The molecule has 1 aromatic heterocycles. The van der Waals surface area contributed by atoms with E-state index in [0.717, 1.165) is 31.2 Å². The highest BCUT2D eigenvalue weighted by molar-refractivity contribution is 5.77. The average Bonchev–Trinajstić information content (AvgIpc) is 3.29. The fourth-order valence-corrected chi connectivity index (χ4v) is 1.94. The molecule has 0 atom stereocenters. The van der Waals surface area contributed by atoms with Gasteiger partial charge in [0.2, 0.25) is 5.88 Å². The summed E-state index contributed by atoms with van der Waals surface area (Å²) in [6, 6.07) is 3.89. The number of hydrogen-bond acceptors (Lipinski definition) is 3. The molecular weight excluding hydrogens is 252 g/mol. The van der Waals surface area contributed by atoms with Gasteiger partial charge in [-0.3, -0.25) is 0 Å². The van der Waals surface area contributed by atoms with Crippen molar-refractivity contribution in [3.8, 4) is 5.88 Å². The van der Waals surface area contributed by atoms with Crippen molar-refractivity contribution >= 4 is 5.96 Å². The van der Waals surface area contributed by atoms with Gasteiger partial charge in [-0.1, -0.05) is 0 Å². The summed E-state index contributed by atoms with van der Waals surface area (Å²) in [5.74, 6) is 2.01. The number of aromatic nitrogens is 1. The number of ether oxygens (including phenoxy) is 1. The molecule has 2 N–H and O–H groups in total. The van der Waals surface area contributed by atoms with Crippen LogP contribution in [0.2, 0.25) is 0 Å². The van der Waals surface area contributed by atoms with Crippen LogP contribution in [0, 0.1) is 5.92 Å². The van der Waals surface area contributed by atoms with Crippen LogP contribution < -0.4 is 10.5 Å². The molecule has 2 rings (SSSR count). The lowest BCUT2D eigenvalue weighted by Gasteiger charge is -2.19. The molecule has 0 spiro atoms. The highest BCUT2D eigenvalue weighted by atomic mass is 16.5. The summed E-state index contributed by atoms with van der Waals surface area (Å²) in [5, 5.41) is 0. The quantitative estimate of drug-likeness (QED) is 0.611. The van der Waals surface area contributed by atoms with E-state index < -0.39 is 0 Å². The van der Waals surface area contributed by atoms with Gasteiger partial charge in [-0.25, -0.2) is 9.98 Å². The number of guanidine groups is 1. The third kappa shape index (κ3) is 4.40. The van der Waals surface area contributed by atoms with Gasteiger partial charge in [0.25, 0.3) is 0 Å². The van der Waals surface area contributed by atoms with Crippen molar-refractivity contribution in [1.29, 1.82) is 0 Å². The van der Waals surface area contributed by atoms with Gasteiger partial charge >= 0.3 is 0 Å². The Morgan fingerprint density at radius 3 is 2.85 bits per heavy atom. The summed E-state index contributed by atoms with van der Waals surface area (Å²) in [6.45, 7) is 7.23. The summed E-state index contributed by atoms with van der Waals surface area (Å²) in [4.78, 5) is 10.7. The molecule has 0 amide bonds. The zero-order valence-electron chi connectivity index (χ0n) is 12.4. The zero-order chi connectivity index (χ0) is 14.4. The van der Waals surface area contributed by atoms with E-state index in [1.165, 1.54) is 12.8 Å². The Balaban J connectivity index is 1.91. The first kappa shape index (κ1) is 14.6. The third-order valence-electron chi connectivity index (χ3n) is 3.47. The lowest BCUT2D eigenvalue weighted by atomic mass is 10.3. The Bertz CT molecular complexity index is 453. The molecule has 5 heteroatoms. The first-order valence-electron chi connectivity index (χ1n) is 7.35. The van der Waals surface area contributed by atoms with Crippen molar-refractivity contribution in [3.05, 3.63) is 23.9 Å². The summed E-state index contributed by atoms with van der Waals surface area (Å²) in [6.07, 6.45) is 4.33. The first-order valence-corrected chi connectivity index (χ1v) is 7.35. The standard InChI is InChI=1S/C15H24N4O/c1-3-19(4-2)15(16)18-10-13-7-8-17-14(9-13)20-11-12-5-6-12/h7-9,12H,3-6,10-11H2,1-2H3,(H2,16,18). The van der Waals surface area contributed by atoms with Crippen molar-refractivity contribution in [1.82, 2.24) is 9.88 Å². The van der Waals surface area contributed by atoms with Crippen molar-refractivity contribution in [2.45, 2.75) is 33.2 Å². The van der Waals surface area contributed by atoms with Crippen LogP contribution in [0.25, 0.3) is 0 Å². The molecule has 1 saturated carbocycles. The van der Waals surface area contributed by atoms with Crippen LogP contribution in [0.3, 0.4) is 0 Å². The lowest BCUT2D eigenvalue weighted by Crippen LogP contribution is -2.37. The normalized spacial score (nSPS) is 15.2. The van der Waals surface area contributed by atoms with Gasteiger partial charge in [0.1, 0.15) is 0 Å². The molecule has 0 saturated heterocycles. The molecule has 0 bridgehead atoms. The molecule has 1 aliphatic carbocycles. The molecule has 5 nitrogen and oxygen atoms in total. The summed E-state index contributed by atoms with van der Waals surface area (Å²) in [7, 11) is 0. The van der Waals surface area contributed by atoms with Crippen LogP contribution in [-0.4, -0.2) is 35.5 Å². The smallest absolute Gasteiger partial charge is 0.213 e. The van der Waals surface area contributed by atoms with E-state index in [0.29, 0.717) is 18.4 Å². The van der Waals surface area contributed by atoms with E-state index >= 15 is 0 Å². The van der Waals surface area contributed by atoms with Crippen LogP contribution >= 0.6 is 0 Å². The molecule has 0 radical (unpaired) electrons. The zero-order valence-corrected chi connectivity index (χ0v) is 12.4. The largest absolute Gasteiger partial charge is 0.477 e. The summed E-state index contributed by atoms with van der Waals surface area (Å²) < 4.78 is 5.67. The Morgan fingerprint density at radius 2 is 2.20 bits per heavy atom. The van der Waals surface area contributed by atoms with E-state index in [1.54, 1.807) is 6.20 Å². The van der Waals surface area contributed by atoms with E-state index in [9.17, 15) is 0 Å². The van der Waals surface area contributed by atoms with E-state index in [-0.39, 0.29) is 0 Å². The second kappa shape index (κ2) is 7.12. The van der Waals surface area contributed by atoms with Crippen LogP contribution in [0.1, 0.15) is 32.3 Å². The molecule has 1 aliphatic rings. The fraction of sp³-hybridized carbons (Fsp3) is 0.600. The molecule has 1 aromatic rings.